The summed E-state index contributed by atoms with van der Waals surface area (Å²) in [6, 6.07) is 1.28. The highest BCUT2D eigenvalue weighted by Crippen LogP contribution is 2.44. The predicted molar refractivity (Wildman–Crippen MR) is 106 cm³/mol. The van der Waals surface area contributed by atoms with Crippen molar-refractivity contribution in [3.05, 3.63) is 45.1 Å². The predicted octanol–water partition coefficient (Wildman–Crippen LogP) is 1.51. The van der Waals surface area contributed by atoms with Gasteiger partial charge in [-0.25, -0.2) is 9.18 Å². The van der Waals surface area contributed by atoms with Gasteiger partial charge in [-0.15, -0.1) is 12.4 Å². The number of hydrogen-bond acceptors (Lipinski definition) is 5. The molecular formula is C19H23ClFN3O4. The Bertz CT molecular complexity index is 1010. The fourth-order valence-corrected chi connectivity index (χ4v) is 4.14. The first-order valence-corrected chi connectivity index (χ1v) is 9.05. The number of fused-ring (bicyclic) bond motifs is 1. The molecule has 7 nitrogen and oxygen atoms in total. The number of rotatable bonds is 4. The first-order chi connectivity index (χ1) is 12.8. The molecule has 3 heterocycles. The van der Waals surface area contributed by atoms with Crippen LogP contribution < -0.4 is 15.8 Å². The molecule has 4 rings (SSSR count). The number of anilines is 1. The van der Waals surface area contributed by atoms with E-state index in [0.29, 0.717) is 23.3 Å². The lowest BCUT2D eigenvalue weighted by Crippen LogP contribution is -2.36. The van der Waals surface area contributed by atoms with Crippen LogP contribution in [0.5, 0.6) is 0 Å². The molecular weight excluding hydrogens is 389 g/mol. The summed E-state index contributed by atoms with van der Waals surface area (Å²) in [5, 5.41) is 22.5. The third kappa shape index (κ3) is 3.15. The zero-order valence-corrected chi connectivity index (χ0v) is 16.4. The molecule has 0 radical (unpaired) electrons. The molecule has 3 N–H and O–H groups in total. The van der Waals surface area contributed by atoms with Crippen molar-refractivity contribution in [2.75, 3.05) is 25.0 Å². The molecule has 2 unspecified atom stereocenters. The van der Waals surface area contributed by atoms with Gasteiger partial charge >= 0.3 is 5.97 Å². The van der Waals surface area contributed by atoms with Gasteiger partial charge in [0.15, 0.2) is 5.82 Å². The van der Waals surface area contributed by atoms with Gasteiger partial charge < -0.3 is 20.4 Å². The molecule has 1 saturated carbocycles. The van der Waals surface area contributed by atoms with Crippen LogP contribution in [0.2, 0.25) is 0 Å². The lowest BCUT2D eigenvalue weighted by Gasteiger charge is -2.24. The van der Waals surface area contributed by atoms with Gasteiger partial charge in [0.25, 0.3) is 5.56 Å². The smallest absolute Gasteiger partial charge is 0.341 e. The quantitative estimate of drug-likeness (QED) is 0.706. The van der Waals surface area contributed by atoms with Gasteiger partial charge in [-0.3, -0.25) is 9.20 Å². The molecule has 2 aromatic rings. The molecule has 152 valence electrons. The molecule has 1 aliphatic carbocycles. The van der Waals surface area contributed by atoms with Gasteiger partial charge in [-0.1, -0.05) is 0 Å². The van der Waals surface area contributed by atoms with Crippen LogP contribution in [0.1, 0.15) is 40.2 Å². The second-order valence-electron chi connectivity index (χ2n) is 7.43. The zero-order chi connectivity index (χ0) is 19.5. The average Bonchev–Trinajstić information content (AvgIpc) is 3.38. The molecule has 0 aromatic carbocycles. The maximum Gasteiger partial charge on any atom is 0.341 e. The number of carbonyl (C=O) groups is 1. The molecule has 1 aliphatic heterocycles. The van der Waals surface area contributed by atoms with E-state index in [4.69, 9.17) is 0 Å². The van der Waals surface area contributed by atoms with E-state index in [1.165, 1.54) is 6.07 Å². The number of pyridine rings is 2. The Morgan fingerprint density at radius 3 is 2.54 bits per heavy atom. The number of carboxylic acid groups (broad SMARTS) is 1. The Hall–Kier alpha value is -2.16. The summed E-state index contributed by atoms with van der Waals surface area (Å²) in [4.78, 5) is 25.8. The highest BCUT2D eigenvalue weighted by Gasteiger charge is 2.34. The van der Waals surface area contributed by atoms with Crippen LogP contribution in [-0.4, -0.2) is 52.9 Å². The summed E-state index contributed by atoms with van der Waals surface area (Å²) in [6.45, 7) is 2.48. The number of aromatic carboxylic acids is 1. The lowest BCUT2D eigenvalue weighted by atomic mass is 10.0. The van der Waals surface area contributed by atoms with E-state index in [0.717, 1.165) is 29.0 Å². The number of nitrogens with one attached hydrogen (secondary N) is 1. The summed E-state index contributed by atoms with van der Waals surface area (Å²) in [7, 11) is 1.75. The Morgan fingerprint density at radius 2 is 2.00 bits per heavy atom. The van der Waals surface area contributed by atoms with Crippen LogP contribution in [0.25, 0.3) is 5.52 Å². The van der Waals surface area contributed by atoms with Crippen molar-refractivity contribution in [2.24, 2.45) is 0 Å². The van der Waals surface area contributed by atoms with E-state index >= 15 is 4.39 Å². The van der Waals surface area contributed by atoms with Crippen molar-refractivity contribution in [3.63, 3.8) is 0 Å². The molecule has 2 aromatic heterocycles. The van der Waals surface area contributed by atoms with Gasteiger partial charge in [0, 0.05) is 13.1 Å². The van der Waals surface area contributed by atoms with Gasteiger partial charge in [0.1, 0.15) is 5.56 Å². The Balaban J connectivity index is 0.00000225. The minimum Gasteiger partial charge on any atom is -0.477 e. The lowest BCUT2D eigenvalue weighted by molar-refractivity contribution is 0.0694. The Labute approximate surface area is 167 Å². The number of aromatic nitrogens is 1. The van der Waals surface area contributed by atoms with E-state index in [-0.39, 0.29) is 36.5 Å². The van der Waals surface area contributed by atoms with Crippen molar-refractivity contribution >= 4 is 29.6 Å². The minimum atomic E-state index is -1.31. The standard InChI is InChI=1S/C19H22FN3O4.ClH/c1-9-16-11(10-3-4-10)5-12(19(26)27)18(25)23(16)6-13(20)17(9)22-7-14(21-2)15(24)8-22;/h5-6,10,14-15,21,24H,3-4,7-8H2,1-2H3,(H,26,27);1H. The largest absolute Gasteiger partial charge is 0.477 e. The Morgan fingerprint density at radius 1 is 1.32 bits per heavy atom. The van der Waals surface area contributed by atoms with Crippen molar-refractivity contribution < 1.29 is 19.4 Å². The van der Waals surface area contributed by atoms with Crippen molar-refractivity contribution in [2.45, 2.75) is 37.8 Å². The summed E-state index contributed by atoms with van der Waals surface area (Å²) in [6.07, 6.45) is 2.30. The maximum absolute atomic E-state index is 15.0. The second-order valence-corrected chi connectivity index (χ2v) is 7.43. The fourth-order valence-electron chi connectivity index (χ4n) is 4.14. The number of aliphatic hydroxyl groups is 1. The number of β-amino-alcohol motifs (C(OH)–C–C–N with tert-alkyl or cyclic N) is 1. The molecule has 0 bridgehead atoms. The van der Waals surface area contributed by atoms with E-state index in [1.807, 2.05) is 0 Å². The van der Waals surface area contributed by atoms with E-state index < -0.39 is 23.4 Å². The van der Waals surface area contributed by atoms with Crippen molar-refractivity contribution in [1.82, 2.24) is 9.72 Å². The summed E-state index contributed by atoms with van der Waals surface area (Å²) >= 11 is 0. The Kier molecular flexibility index (Phi) is 5.40. The third-order valence-corrected chi connectivity index (χ3v) is 5.67. The molecule has 2 atom stereocenters. The van der Waals surface area contributed by atoms with Crippen molar-refractivity contribution in [1.29, 1.82) is 0 Å². The number of aliphatic hydroxyl groups excluding tert-OH is 1. The van der Waals surface area contributed by atoms with E-state index in [1.54, 1.807) is 18.9 Å². The number of nitrogens with zero attached hydrogens (tertiary/aromatic N) is 2. The highest BCUT2D eigenvalue weighted by molar-refractivity contribution is 5.89. The highest BCUT2D eigenvalue weighted by atomic mass is 35.5. The molecule has 28 heavy (non-hydrogen) atoms. The summed E-state index contributed by atoms with van der Waals surface area (Å²) < 4.78 is 16.1. The first kappa shape index (κ1) is 20.6. The first-order valence-electron chi connectivity index (χ1n) is 9.05. The van der Waals surface area contributed by atoms with E-state index in [2.05, 4.69) is 5.32 Å². The summed E-state index contributed by atoms with van der Waals surface area (Å²) in [5.41, 5.74) is 1.23. The van der Waals surface area contributed by atoms with Crippen LogP contribution in [0.15, 0.2) is 17.1 Å². The molecule has 2 aliphatic rings. The SMILES string of the molecule is CNC1CN(c2c(F)cn3c(=O)c(C(=O)O)cc(C4CC4)c3c2C)CC1O.Cl. The molecule has 2 fully saturated rings. The van der Waals surface area contributed by atoms with Crippen LogP contribution in [0, 0.1) is 12.7 Å². The summed E-state index contributed by atoms with van der Waals surface area (Å²) in [5.74, 6) is -1.72. The van der Waals surface area contributed by atoms with Crippen LogP contribution in [-0.2, 0) is 0 Å². The zero-order valence-electron chi connectivity index (χ0n) is 15.6. The van der Waals surface area contributed by atoms with Crippen LogP contribution in [0.3, 0.4) is 0 Å². The second kappa shape index (κ2) is 7.35. The van der Waals surface area contributed by atoms with Gasteiger partial charge in [0.05, 0.1) is 29.5 Å². The topological polar surface area (TPSA) is 94.3 Å². The molecule has 0 spiro atoms. The number of likely N-dealkylation sites (N-methyl/N-ethyl adjacent to an activating group) is 1. The van der Waals surface area contributed by atoms with Gasteiger partial charge in [0.2, 0.25) is 0 Å². The maximum atomic E-state index is 15.0. The number of halogens is 2. The normalized spacial score (nSPS) is 21.8. The molecule has 0 amide bonds. The third-order valence-electron chi connectivity index (χ3n) is 5.67. The number of hydrogen-bond donors (Lipinski definition) is 3. The van der Waals surface area contributed by atoms with Crippen LogP contribution >= 0.6 is 12.4 Å². The van der Waals surface area contributed by atoms with Gasteiger partial charge in [-0.05, 0) is 49.9 Å². The molecule has 1 saturated heterocycles. The fraction of sp³-hybridized carbons (Fsp3) is 0.474. The van der Waals surface area contributed by atoms with E-state index in [9.17, 15) is 19.8 Å². The van der Waals surface area contributed by atoms with Crippen LogP contribution in [0.4, 0.5) is 10.1 Å². The number of carboxylic acids is 1. The monoisotopic (exact) mass is 411 g/mol. The molecule has 9 heteroatoms. The van der Waals surface area contributed by atoms with Crippen molar-refractivity contribution in [3.8, 4) is 0 Å². The minimum absolute atomic E-state index is 0. The number of aryl methyl sites for hydroxylation is 1. The average molecular weight is 412 g/mol. The van der Waals surface area contributed by atoms with Gasteiger partial charge in [-0.2, -0.15) is 0 Å².